The first kappa shape index (κ1) is 17.4. The van der Waals surface area contributed by atoms with Gasteiger partial charge in [-0.1, -0.05) is 18.2 Å². The van der Waals surface area contributed by atoms with Gasteiger partial charge in [-0.25, -0.2) is 0 Å². The minimum Gasteiger partial charge on any atom is -0.451 e. The zero-order valence-electron chi connectivity index (χ0n) is 15.7. The minimum absolute atomic E-state index is 0.0705. The van der Waals surface area contributed by atoms with E-state index in [1.807, 2.05) is 59.5 Å². The Kier molecular flexibility index (Phi) is 4.40. The van der Waals surface area contributed by atoms with Crippen LogP contribution in [0.3, 0.4) is 0 Å². The molecule has 1 aliphatic heterocycles. The van der Waals surface area contributed by atoms with Gasteiger partial charge in [0.2, 0.25) is 0 Å². The van der Waals surface area contributed by atoms with Crippen LogP contribution >= 0.6 is 0 Å². The van der Waals surface area contributed by atoms with E-state index in [1.54, 1.807) is 12.4 Å². The van der Waals surface area contributed by atoms with Crippen molar-refractivity contribution >= 4 is 22.7 Å². The number of furan rings is 1. The third-order valence-corrected chi connectivity index (χ3v) is 5.13. The molecule has 0 radical (unpaired) electrons. The molecule has 0 spiro atoms. The van der Waals surface area contributed by atoms with Crippen LogP contribution in [-0.4, -0.2) is 52.2 Å². The van der Waals surface area contributed by atoms with Crippen LogP contribution in [0, 0.1) is 0 Å². The molecule has 0 aliphatic carbocycles. The fourth-order valence-electron chi connectivity index (χ4n) is 3.54. The molecule has 1 aromatic carbocycles. The van der Waals surface area contributed by atoms with Gasteiger partial charge in [-0.15, -0.1) is 10.2 Å². The molecule has 7 nitrogen and oxygen atoms in total. The molecule has 0 N–H and O–H groups in total. The summed E-state index contributed by atoms with van der Waals surface area (Å²) in [5, 5.41) is 9.63. The Hall–Kier alpha value is -3.74. The van der Waals surface area contributed by atoms with E-state index in [-0.39, 0.29) is 5.91 Å². The molecule has 1 fully saturated rings. The molecule has 4 heterocycles. The fraction of sp³-hybridized carbons (Fsp3) is 0.182. The summed E-state index contributed by atoms with van der Waals surface area (Å²) in [4.78, 5) is 20.9. The number of hydrogen-bond acceptors (Lipinski definition) is 6. The number of rotatable bonds is 3. The van der Waals surface area contributed by atoms with Gasteiger partial charge in [-0.3, -0.25) is 9.78 Å². The van der Waals surface area contributed by atoms with Gasteiger partial charge in [-0.2, -0.15) is 0 Å². The SMILES string of the molecule is O=C(c1cc2ccccc2o1)N1CCN(c2ccc(-c3cccnc3)nn2)CC1. The van der Waals surface area contributed by atoms with Crippen LogP contribution in [0.4, 0.5) is 5.82 Å². The summed E-state index contributed by atoms with van der Waals surface area (Å²) in [6, 6.07) is 17.2. The molecule has 7 heteroatoms. The zero-order chi connectivity index (χ0) is 19.6. The Morgan fingerprint density at radius 1 is 0.931 bits per heavy atom. The van der Waals surface area contributed by atoms with Crippen LogP contribution in [0.15, 0.2) is 71.4 Å². The smallest absolute Gasteiger partial charge is 0.289 e. The molecule has 4 aromatic rings. The number of pyridine rings is 1. The van der Waals surface area contributed by atoms with Crippen LogP contribution in [-0.2, 0) is 0 Å². The molecule has 0 saturated carbocycles. The number of carbonyl (C=O) groups excluding carboxylic acids is 1. The van der Waals surface area contributed by atoms with Gasteiger partial charge in [0.25, 0.3) is 5.91 Å². The predicted octanol–water partition coefficient (Wildman–Crippen LogP) is 3.25. The highest BCUT2D eigenvalue weighted by Gasteiger charge is 2.25. The first-order valence-electron chi connectivity index (χ1n) is 9.55. The summed E-state index contributed by atoms with van der Waals surface area (Å²) in [6.45, 7) is 2.63. The van der Waals surface area contributed by atoms with E-state index in [2.05, 4.69) is 20.1 Å². The van der Waals surface area contributed by atoms with Gasteiger partial charge in [0.05, 0.1) is 5.69 Å². The average Bonchev–Trinajstić information content (AvgIpc) is 3.24. The minimum atomic E-state index is -0.0705. The van der Waals surface area contributed by atoms with Gasteiger partial charge in [0.15, 0.2) is 11.6 Å². The Morgan fingerprint density at radius 2 is 1.79 bits per heavy atom. The Labute approximate surface area is 167 Å². The monoisotopic (exact) mass is 385 g/mol. The number of hydrogen-bond donors (Lipinski definition) is 0. The molecule has 5 rings (SSSR count). The highest BCUT2D eigenvalue weighted by molar-refractivity contribution is 5.96. The van der Waals surface area contributed by atoms with Gasteiger partial charge >= 0.3 is 0 Å². The molecule has 144 valence electrons. The van der Waals surface area contributed by atoms with Crippen molar-refractivity contribution in [1.82, 2.24) is 20.1 Å². The van der Waals surface area contributed by atoms with E-state index in [1.165, 1.54) is 0 Å². The van der Waals surface area contributed by atoms with Gasteiger partial charge < -0.3 is 14.2 Å². The lowest BCUT2D eigenvalue weighted by molar-refractivity contribution is 0.0717. The predicted molar refractivity (Wildman–Crippen MR) is 110 cm³/mol. The largest absolute Gasteiger partial charge is 0.451 e. The third kappa shape index (κ3) is 3.42. The van der Waals surface area contributed by atoms with Crippen molar-refractivity contribution in [1.29, 1.82) is 0 Å². The van der Waals surface area contributed by atoms with Gasteiger partial charge in [0, 0.05) is 49.5 Å². The number of piperazine rings is 1. The van der Waals surface area contributed by atoms with E-state index in [4.69, 9.17) is 4.42 Å². The number of amides is 1. The first-order chi connectivity index (χ1) is 14.3. The van der Waals surface area contributed by atoms with E-state index in [0.717, 1.165) is 28.0 Å². The number of fused-ring (bicyclic) bond motifs is 1. The van der Waals surface area contributed by atoms with Crippen molar-refractivity contribution in [2.24, 2.45) is 0 Å². The standard InChI is InChI=1S/C22H19N5O2/c28-22(20-14-16-4-1-2-6-19(16)29-20)27-12-10-26(11-13-27)21-8-7-18(24-25-21)17-5-3-9-23-15-17/h1-9,14-15H,10-13H2. The molecule has 0 unspecified atom stereocenters. The van der Waals surface area contributed by atoms with Gasteiger partial charge in [-0.05, 0) is 36.4 Å². The number of nitrogens with zero attached hydrogens (tertiary/aromatic N) is 5. The maximum Gasteiger partial charge on any atom is 0.289 e. The maximum absolute atomic E-state index is 12.8. The van der Waals surface area contributed by atoms with Crippen molar-refractivity contribution in [2.45, 2.75) is 0 Å². The number of aromatic nitrogens is 3. The lowest BCUT2D eigenvalue weighted by atomic mass is 10.2. The average molecular weight is 385 g/mol. The highest BCUT2D eigenvalue weighted by Crippen LogP contribution is 2.22. The topological polar surface area (TPSA) is 75.4 Å². The zero-order valence-corrected chi connectivity index (χ0v) is 15.7. The molecule has 0 bridgehead atoms. The van der Waals surface area contributed by atoms with Crippen LogP contribution in [0.25, 0.3) is 22.2 Å². The van der Waals surface area contributed by atoms with Crippen molar-refractivity contribution in [2.75, 3.05) is 31.1 Å². The summed E-state index contributed by atoms with van der Waals surface area (Å²) in [5.74, 6) is 1.13. The van der Waals surface area contributed by atoms with E-state index >= 15 is 0 Å². The molecule has 1 amide bonds. The number of para-hydroxylation sites is 1. The normalized spacial score (nSPS) is 14.3. The third-order valence-electron chi connectivity index (χ3n) is 5.13. The van der Waals surface area contributed by atoms with Crippen molar-refractivity contribution in [3.8, 4) is 11.3 Å². The number of carbonyl (C=O) groups is 1. The summed E-state index contributed by atoms with van der Waals surface area (Å²) in [5.41, 5.74) is 2.46. The van der Waals surface area contributed by atoms with Crippen LogP contribution in [0.1, 0.15) is 10.6 Å². The number of benzene rings is 1. The van der Waals surface area contributed by atoms with Crippen LogP contribution < -0.4 is 4.90 Å². The highest BCUT2D eigenvalue weighted by atomic mass is 16.3. The quantitative estimate of drug-likeness (QED) is 0.539. The second kappa shape index (κ2) is 7.35. The lowest BCUT2D eigenvalue weighted by Gasteiger charge is -2.34. The molecular weight excluding hydrogens is 366 g/mol. The second-order valence-corrected chi connectivity index (χ2v) is 6.95. The first-order valence-corrected chi connectivity index (χ1v) is 9.55. The van der Waals surface area contributed by atoms with Gasteiger partial charge in [0.1, 0.15) is 5.58 Å². The van der Waals surface area contributed by atoms with E-state index < -0.39 is 0 Å². The van der Waals surface area contributed by atoms with E-state index in [0.29, 0.717) is 31.9 Å². The van der Waals surface area contributed by atoms with Crippen LogP contribution in [0.5, 0.6) is 0 Å². The molecule has 3 aromatic heterocycles. The molecular formula is C22H19N5O2. The van der Waals surface area contributed by atoms with Crippen molar-refractivity contribution in [3.05, 3.63) is 72.8 Å². The van der Waals surface area contributed by atoms with Crippen molar-refractivity contribution in [3.63, 3.8) is 0 Å². The second-order valence-electron chi connectivity index (χ2n) is 6.95. The fourth-order valence-corrected chi connectivity index (χ4v) is 3.54. The maximum atomic E-state index is 12.8. The molecule has 1 aliphatic rings. The number of anilines is 1. The lowest BCUT2D eigenvalue weighted by Crippen LogP contribution is -2.49. The molecule has 1 saturated heterocycles. The van der Waals surface area contributed by atoms with Crippen LogP contribution in [0.2, 0.25) is 0 Å². The van der Waals surface area contributed by atoms with E-state index in [9.17, 15) is 4.79 Å². The summed E-state index contributed by atoms with van der Waals surface area (Å²) in [6.07, 6.45) is 3.50. The Bertz CT molecular complexity index is 1100. The summed E-state index contributed by atoms with van der Waals surface area (Å²) >= 11 is 0. The molecule has 29 heavy (non-hydrogen) atoms. The molecule has 0 atom stereocenters. The summed E-state index contributed by atoms with van der Waals surface area (Å²) < 4.78 is 5.72. The summed E-state index contributed by atoms with van der Waals surface area (Å²) in [7, 11) is 0. The van der Waals surface area contributed by atoms with Crippen molar-refractivity contribution < 1.29 is 9.21 Å². The Morgan fingerprint density at radius 3 is 2.52 bits per heavy atom. The Balaban J connectivity index is 1.25.